The number of carbonyl (C=O) groups is 2. The van der Waals surface area contributed by atoms with Crippen LogP contribution in [0.25, 0.3) is 0 Å². The van der Waals surface area contributed by atoms with Gasteiger partial charge in [-0.2, -0.15) is 0 Å². The summed E-state index contributed by atoms with van der Waals surface area (Å²) in [4.78, 5) is 37.9. The molecule has 434 valence electrons. The first-order chi connectivity index (χ1) is 36.0. The standard InChI is InChI=1S/C64H120NO8P/c1-6-8-10-12-14-16-18-20-22-24-26-28-29-30-31-32-33-34-35-37-39-41-43-45-47-49-51-53-55-57-64(67)73-62(61-72-74(68,69)71-59-58-65(3,4)5)60-70-63(66)56-54-52-50-48-46-44-42-40-38-36-27-25-23-21-19-17-15-13-11-9-7-2/h8,10,14,16,20,22,26,28,62H,6-7,9,11-13,15,17-19,21,23-25,27,29-61H2,1-5H3/b10-8-,16-14-,22-20-,28-26-. The van der Waals surface area contributed by atoms with E-state index in [0.29, 0.717) is 17.4 Å². The molecule has 0 saturated heterocycles. The zero-order valence-corrected chi connectivity index (χ0v) is 50.2. The molecule has 2 atom stereocenters. The van der Waals surface area contributed by atoms with Crippen LogP contribution in [0, 0.1) is 0 Å². The van der Waals surface area contributed by atoms with Crippen LogP contribution in [-0.4, -0.2) is 70.0 Å². The van der Waals surface area contributed by atoms with Crippen LogP contribution in [0.2, 0.25) is 0 Å². The smallest absolute Gasteiger partial charge is 0.306 e. The van der Waals surface area contributed by atoms with Gasteiger partial charge in [-0.05, 0) is 51.4 Å². The molecule has 0 amide bonds. The lowest BCUT2D eigenvalue weighted by Crippen LogP contribution is -2.37. The molecule has 0 N–H and O–H groups in total. The number of ether oxygens (including phenoxy) is 2. The molecule has 0 saturated carbocycles. The molecule has 0 spiro atoms. The summed E-state index contributed by atoms with van der Waals surface area (Å²) in [6.45, 7) is 4.18. The number of quaternary nitrogens is 1. The quantitative estimate of drug-likeness (QED) is 0.0195. The Balaban J connectivity index is 4.07. The van der Waals surface area contributed by atoms with Crippen LogP contribution in [0.5, 0.6) is 0 Å². The Morgan fingerprint density at radius 1 is 0.432 bits per heavy atom. The summed E-state index contributed by atoms with van der Waals surface area (Å²) in [6, 6.07) is 0. The Morgan fingerprint density at radius 3 is 1.15 bits per heavy atom. The highest BCUT2D eigenvalue weighted by Crippen LogP contribution is 2.38. The molecule has 10 heteroatoms. The van der Waals surface area contributed by atoms with Crippen molar-refractivity contribution < 1.29 is 42.1 Å². The molecule has 0 aromatic heterocycles. The number of nitrogens with zero attached hydrogens (tertiary/aromatic N) is 1. The van der Waals surface area contributed by atoms with Crippen LogP contribution in [0.1, 0.15) is 296 Å². The first kappa shape index (κ1) is 72.0. The lowest BCUT2D eigenvalue weighted by Gasteiger charge is -2.28. The van der Waals surface area contributed by atoms with Crippen molar-refractivity contribution in [2.75, 3.05) is 47.5 Å². The average Bonchev–Trinajstić information content (AvgIpc) is 3.36. The second kappa shape index (κ2) is 55.7. The van der Waals surface area contributed by atoms with Crippen molar-refractivity contribution in [2.24, 2.45) is 0 Å². The summed E-state index contributed by atoms with van der Waals surface area (Å²) in [5.74, 6) is -0.817. The predicted octanol–water partition coefficient (Wildman–Crippen LogP) is 19.1. The number of hydrogen-bond donors (Lipinski definition) is 0. The van der Waals surface area contributed by atoms with E-state index in [2.05, 4.69) is 62.5 Å². The SMILES string of the molecule is CC/C=C\C/C=C\C/C=C\C/C=C\CCCCCCCCCCCCCCCCCCC(=O)OC(COC(=O)CCCCCCCCCCCCCCCCCCCCCCC)COP(=O)([O-])OCC[N+](C)(C)C. The van der Waals surface area contributed by atoms with Gasteiger partial charge in [0.1, 0.15) is 19.8 Å². The van der Waals surface area contributed by atoms with Crippen molar-refractivity contribution in [1.82, 2.24) is 0 Å². The first-order valence-corrected chi connectivity index (χ1v) is 32.8. The molecule has 0 aliphatic carbocycles. The Bertz CT molecular complexity index is 1390. The Morgan fingerprint density at radius 2 is 0.770 bits per heavy atom. The number of allylic oxidation sites excluding steroid dienone is 8. The van der Waals surface area contributed by atoms with Gasteiger partial charge in [-0.15, -0.1) is 0 Å². The number of phosphoric ester groups is 1. The van der Waals surface area contributed by atoms with Gasteiger partial charge in [0.15, 0.2) is 6.10 Å². The summed E-state index contributed by atoms with van der Waals surface area (Å²) in [5, 5.41) is 0. The van der Waals surface area contributed by atoms with E-state index in [1.165, 1.54) is 199 Å². The highest BCUT2D eigenvalue weighted by Gasteiger charge is 2.22. The minimum Gasteiger partial charge on any atom is -0.756 e. The van der Waals surface area contributed by atoms with Crippen LogP contribution in [-0.2, 0) is 32.7 Å². The Kier molecular flexibility index (Phi) is 54.2. The van der Waals surface area contributed by atoms with E-state index in [1.807, 2.05) is 21.1 Å². The van der Waals surface area contributed by atoms with E-state index in [4.69, 9.17) is 18.5 Å². The minimum atomic E-state index is -4.64. The van der Waals surface area contributed by atoms with E-state index in [-0.39, 0.29) is 32.0 Å². The highest BCUT2D eigenvalue weighted by atomic mass is 31.2. The monoisotopic (exact) mass is 1060 g/mol. The predicted molar refractivity (Wildman–Crippen MR) is 314 cm³/mol. The molecule has 0 rings (SSSR count). The summed E-state index contributed by atoms with van der Waals surface area (Å²) in [5.41, 5.74) is 0. The van der Waals surface area contributed by atoms with Gasteiger partial charge >= 0.3 is 11.9 Å². The van der Waals surface area contributed by atoms with E-state index in [1.54, 1.807) is 0 Å². The molecule has 0 fully saturated rings. The summed E-state index contributed by atoms with van der Waals surface area (Å²) in [6.07, 6.45) is 70.2. The first-order valence-electron chi connectivity index (χ1n) is 31.3. The fourth-order valence-corrected chi connectivity index (χ4v) is 9.79. The van der Waals surface area contributed by atoms with E-state index in [9.17, 15) is 19.0 Å². The van der Waals surface area contributed by atoms with Crippen molar-refractivity contribution in [1.29, 1.82) is 0 Å². The molecule has 0 heterocycles. The van der Waals surface area contributed by atoms with Crippen LogP contribution in [0.15, 0.2) is 48.6 Å². The Labute approximate surface area is 458 Å². The number of likely N-dealkylation sites (N-methyl/N-ethyl adjacent to an activating group) is 1. The number of esters is 2. The van der Waals surface area contributed by atoms with Crippen molar-refractivity contribution in [3.8, 4) is 0 Å². The second-order valence-corrected chi connectivity index (χ2v) is 23.8. The molecule has 0 radical (unpaired) electrons. The molecule has 0 aliphatic rings. The number of carbonyl (C=O) groups excluding carboxylic acids is 2. The number of rotatable bonds is 58. The molecule has 0 aromatic carbocycles. The van der Waals surface area contributed by atoms with Gasteiger partial charge in [-0.1, -0.05) is 281 Å². The second-order valence-electron chi connectivity index (χ2n) is 22.4. The molecular weight excluding hydrogens is 942 g/mol. The maximum Gasteiger partial charge on any atom is 0.306 e. The van der Waals surface area contributed by atoms with Gasteiger partial charge in [-0.25, -0.2) is 0 Å². The lowest BCUT2D eigenvalue weighted by molar-refractivity contribution is -0.870. The molecule has 0 aromatic rings. The van der Waals surface area contributed by atoms with Crippen molar-refractivity contribution in [2.45, 2.75) is 302 Å². The molecule has 0 bridgehead atoms. The normalized spacial score (nSPS) is 13.5. The number of unbranched alkanes of at least 4 members (excludes halogenated alkanes) is 36. The van der Waals surface area contributed by atoms with Gasteiger partial charge in [0.25, 0.3) is 7.82 Å². The van der Waals surface area contributed by atoms with Crippen molar-refractivity contribution >= 4 is 19.8 Å². The third kappa shape index (κ3) is 59.2. The minimum absolute atomic E-state index is 0.0289. The zero-order chi connectivity index (χ0) is 54.2. The Hall–Kier alpha value is -2.03. The fourth-order valence-electron chi connectivity index (χ4n) is 9.06. The van der Waals surface area contributed by atoms with Crippen LogP contribution >= 0.6 is 7.82 Å². The molecule has 9 nitrogen and oxygen atoms in total. The van der Waals surface area contributed by atoms with E-state index in [0.717, 1.165) is 64.2 Å². The van der Waals surface area contributed by atoms with Crippen LogP contribution in [0.3, 0.4) is 0 Å². The lowest BCUT2D eigenvalue weighted by atomic mass is 10.0. The third-order valence-corrected chi connectivity index (χ3v) is 14.8. The molecule has 74 heavy (non-hydrogen) atoms. The van der Waals surface area contributed by atoms with Gasteiger partial charge in [0, 0.05) is 12.8 Å². The fraction of sp³-hybridized carbons (Fsp3) is 0.844. The topological polar surface area (TPSA) is 111 Å². The van der Waals surface area contributed by atoms with Crippen LogP contribution in [0.4, 0.5) is 0 Å². The van der Waals surface area contributed by atoms with Gasteiger partial charge in [0.2, 0.25) is 0 Å². The largest absolute Gasteiger partial charge is 0.756 e. The summed E-state index contributed by atoms with van der Waals surface area (Å²) >= 11 is 0. The average molecular weight is 1060 g/mol. The maximum absolute atomic E-state index is 12.8. The molecule has 2 unspecified atom stereocenters. The summed E-state index contributed by atoms with van der Waals surface area (Å²) in [7, 11) is 1.18. The maximum atomic E-state index is 12.8. The van der Waals surface area contributed by atoms with Gasteiger partial charge in [0.05, 0.1) is 27.7 Å². The summed E-state index contributed by atoms with van der Waals surface area (Å²) < 4.78 is 34.2. The molecular formula is C64H120NO8P. The van der Waals surface area contributed by atoms with Crippen molar-refractivity contribution in [3.05, 3.63) is 48.6 Å². The highest BCUT2D eigenvalue weighted by molar-refractivity contribution is 7.45. The number of phosphoric acid groups is 1. The third-order valence-electron chi connectivity index (χ3n) is 13.9. The van der Waals surface area contributed by atoms with Gasteiger partial charge in [-0.3, -0.25) is 14.2 Å². The van der Waals surface area contributed by atoms with Crippen molar-refractivity contribution in [3.63, 3.8) is 0 Å². The van der Waals surface area contributed by atoms with E-state index >= 15 is 0 Å². The zero-order valence-electron chi connectivity index (χ0n) is 49.3. The van der Waals surface area contributed by atoms with E-state index < -0.39 is 26.5 Å². The molecule has 0 aliphatic heterocycles. The number of hydrogen-bond acceptors (Lipinski definition) is 8. The van der Waals surface area contributed by atoms with Gasteiger partial charge < -0.3 is 27.9 Å². The van der Waals surface area contributed by atoms with Crippen LogP contribution < -0.4 is 4.89 Å².